The van der Waals surface area contributed by atoms with Gasteiger partial charge in [-0.2, -0.15) is 0 Å². The van der Waals surface area contributed by atoms with Gasteiger partial charge in [0.1, 0.15) is 0 Å². The molecule has 2 N–H and O–H groups in total. The summed E-state index contributed by atoms with van der Waals surface area (Å²) in [4.78, 5) is 0. The van der Waals surface area contributed by atoms with Crippen LogP contribution in [0, 0.1) is 6.92 Å². The van der Waals surface area contributed by atoms with E-state index in [2.05, 4.69) is 48.0 Å². The number of nitrogens with zero attached hydrogens (tertiary/aromatic N) is 1. The van der Waals surface area contributed by atoms with Gasteiger partial charge in [0.25, 0.3) is 0 Å². The number of benzene rings is 1. The molecule has 0 amide bonds. The zero-order valence-electron chi connectivity index (χ0n) is 8.27. The van der Waals surface area contributed by atoms with E-state index in [1.54, 1.807) is 0 Å². The van der Waals surface area contributed by atoms with Crippen LogP contribution in [0.2, 0.25) is 0 Å². The Morgan fingerprint density at radius 1 is 1.14 bits per heavy atom. The van der Waals surface area contributed by atoms with Crippen LogP contribution in [0.25, 0.3) is 5.69 Å². The average Bonchev–Trinajstić information content (AvgIpc) is 2.65. The van der Waals surface area contributed by atoms with Gasteiger partial charge in [-0.3, -0.25) is 0 Å². The SMILES string of the molecule is Cc1cccn1-c1ccc(CN)cc1. The van der Waals surface area contributed by atoms with Crippen molar-refractivity contribution in [3.63, 3.8) is 0 Å². The standard InChI is InChI=1S/C12H14N2/c1-10-3-2-8-14(10)12-6-4-11(9-13)5-7-12/h2-8H,9,13H2,1H3. The topological polar surface area (TPSA) is 30.9 Å². The van der Waals surface area contributed by atoms with Crippen LogP contribution in [0.4, 0.5) is 0 Å². The van der Waals surface area contributed by atoms with Crippen LogP contribution in [0.1, 0.15) is 11.3 Å². The Morgan fingerprint density at radius 3 is 2.36 bits per heavy atom. The Kier molecular flexibility index (Phi) is 2.37. The van der Waals surface area contributed by atoms with Crippen LogP contribution in [0.15, 0.2) is 42.6 Å². The molecule has 2 nitrogen and oxygen atoms in total. The Morgan fingerprint density at radius 2 is 1.86 bits per heavy atom. The molecule has 1 heterocycles. The van der Waals surface area contributed by atoms with Gasteiger partial charge >= 0.3 is 0 Å². The number of rotatable bonds is 2. The molecule has 0 saturated heterocycles. The minimum Gasteiger partial charge on any atom is -0.326 e. The molecule has 1 aromatic carbocycles. The van der Waals surface area contributed by atoms with E-state index < -0.39 is 0 Å². The van der Waals surface area contributed by atoms with Gasteiger partial charge in [0.2, 0.25) is 0 Å². The summed E-state index contributed by atoms with van der Waals surface area (Å²) in [6, 6.07) is 12.5. The van der Waals surface area contributed by atoms with E-state index in [9.17, 15) is 0 Å². The van der Waals surface area contributed by atoms with Crippen molar-refractivity contribution >= 4 is 0 Å². The van der Waals surface area contributed by atoms with Crippen LogP contribution in [-0.4, -0.2) is 4.57 Å². The molecule has 2 rings (SSSR count). The summed E-state index contributed by atoms with van der Waals surface area (Å²) < 4.78 is 2.15. The Balaban J connectivity index is 2.39. The maximum atomic E-state index is 5.54. The average molecular weight is 186 g/mol. The van der Waals surface area contributed by atoms with Crippen LogP contribution in [0.3, 0.4) is 0 Å². The van der Waals surface area contributed by atoms with Crippen LogP contribution in [0.5, 0.6) is 0 Å². The first kappa shape index (κ1) is 9.03. The summed E-state index contributed by atoms with van der Waals surface area (Å²) in [5.74, 6) is 0. The highest BCUT2D eigenvalue weighted by molar-refractivity contribution is 5.37. The molecule has 0 aliphatic rings. The molecule has 1 aromatic heterocycles. The van der Waals surface area contributed by atoms with Crippen molar-refractivity contribution in [1.82, 2.24) is 4.57 Å². The number of hydrogen-bond acceptors (Lipinski definition) is 1. The molecule has 2 aromatic rings. The highest BCUT2D eigenvalue weighted by atomic mass is 15.0. The van der Waals surface area contributed by atoms with Crippen molar-refractivity contribution in [1.29, 1.82) is 0 Å². The molecular weight excluding hydrogens is 172 g/mol. The largest absolute Gasteiger partial charge is 0.326 e. The highest BCUT2D eigenvalue weighted by Crippen LogP contribution is 2.12. The van der Waals surface area contributed by atoms with E-state index in [1.165, 1.54) is 16.9 Å². The van der Waals surface area contributed by atoms with Crippen LogP contribution >= 0.6 is 0 Å². The Bertz CT molecular complexity index is 412. The Hall–Kier alpha value is -1.54. The minimum absolute atomic E-state index is 0.602. The maximum absolute atomic E-state index is 5.54. The second-order valence-electron chi connectivity index (χ2n) is 3.39. The van der Waals surface area contributed by atoms with Gasteiger partial charge in [0, 0.05) is 24.1 Å². The van der Waals surface area contributed by atoms with Gasteiger partial charge < -0.3 is 10.3 Å². The first-order chi connectivity index (χ1) is 6.81. The molecule has 0 unspecified atom stereocenters. The number of nitrogens with two attached hydrogens (primary N) is 1. The fourth-order valence-electron chi connectivity index (χ4n) is 1.55. The van der Waals surface area contributed by atoms with E-state index in [1.807, 2.05) is 6.07 Å². The summed E-state index contributed by atoms with van der Waals surface area (Å²) in [5, 5.41) is 0. The Labute approximate surface area is 84.0 Å². The summed E-state index contributed by atoms with van der Waals surface area (Å²) in [5.41, 5.74) is 9.13. The van der Waals surface area contributed by atoms with E-state index >= 15 is 0 Å². The van der Waals surface area contributed by atoms with Crippen molar-refractivity contribution in [2.24, 2.45) is 5.73 Å². The normalized spacial score (nSPS) is 10.4. The molecule has 72 valence electrons. The molecule has 0 radical (unpaired) electrons. The zero-order valence-corrected chi connectivity index (χ0v) is 8.27. The summed E-state index contributed by atoms with van der Waals surface area (Å²) in [6.07, 6.45) is 2.06. The third-order valence-electron chi connectivity index (χ3n) is 2.40. The van der Waals surface area contributed by atoms with E-state index in [0.29, 0.717) is 6.54 Å². The lowest BCUT2D eigenvalue weighted by atomic mass is 10.2. The second kappa shape index (κ2) is 3.68. The van der Waals surface area contributed by atoms with Gasteiger partial charge in [-0.05, 0) is 36.8 Å². The van der Waals surface area contributed by atoms with Crippen molar-refractivity contribution in [3.05, 3.63) is 53.9 Å². The third-order valence-corrected chi connectivity index (χ3v) is 2.40. The van der Waals surface area contributed by atoms with Crippen LogP contribution in [-0.2, 0) is 6.54 Å². The molecule has 0 aliphatic heterocycles. The molecule has 0 saturated carbocycles. The van der Waals surface area contributed by atoms with E-state index in [0.717, 1.165) is 0 Å². The van der Waals surface area contributed by atoms with Gasteiger partial charge in [0.05, 0.1) is 0 Å². The van der Waals surface area contributed by atoms with Crippen molar-refractivity contribution in [3.8, 4) is 5.69 Å². The molecule has 0 atom stereocenters. The van der Waals surface area contributed by atoms with Gasteiger partial charge in [-0.1, -0.05) is 12.1 Å². The number of hydrogen-bond donors (Lipinski definition) is 1. The first-order valence-corrected chi connectivity index (χ1v) is 4.74. The summed E-state index contributed by atoms with van der Waals surface area (Å²) >= 11 is 0. The van der Waals surface area contributed by atoms with Gasteiger partial charge in [-0.15, -0.1) is 0 Å². The summed E-state index contributed by atoms with van der Waals surface area (Å²) in [7, 11) is 0. The lowest BCUT2D eigenvalue weighted by Gasteiger charge is -2.06. The number of aromatic nitrogens is 1. The van der Waals surface area contributed by atoms with Crippen molar-refractivity contribution in [2.75, 3.05) is 0 Å². The molecule has 0 aliphatic carbocycles. The molecule has 0 bridgehead atoms. The predicted molar refractivity (Wildman–Crippen MR) is 58.4 cm³/mol. The van der Waals surface area contributed by atoms with E-state index in [4.69, 9.17) is 5.73 Å². The molecule has 0 spiro atoms. The fraction of sp³-hybridized carbons (Fsp3) is 0.167. The maximum Gasteiger partial charge on any atom is 0.0452 e. The third kappa shape index (κ3) is 1.56. The van der Waals surface area contributed by atoms with Crippen LogP contribution < -0.4 is 5.73 Å². The summed E-state index contributed by atoms with van der Waals surface area (Å²) in [6.45, 7) is 2.70. The van der Waals surface area contributed by atoms with Crippen molar-refractivity contribution < 1.29 is 0 Å². The molecule has 0 fully saturated rings. The number of aryl methyl sites for hydroxylation is 1. The highest BCUT2D eigenvalue weighted by Gasteiger charge is 1.97. The minimum atomic E-state index is 0.602. The second-order valence-corrected chi connectivity index (χ2v) is 3.39. The monoisotopic (exact) mass is 186 g/mol. The smallest absolute Gasteiger partial charge is 0.0452 e. The lowest BCUT2D eigenvalue weighted by molar-refractivity contribution is 1.01. The predicted octanol–water partition coefficient (Wildman–Crippen LogP) is 2.24. The fourth-order valence-corrected chi connectivity index (χ4v) is 1.55. The zero-order chi connectivity index (χ0) is 9.97. The molecule has 2 heteroatoms. The van der Waals surface area contributed by atoms with Crippen molar-refractivity contribution in [2.45, 2.75) is 13.5 Å². The van der Waals surface area contributed by atoms with Gasteiger partial charge in [0.15, 0.2) is 0 Å². The quantitative estimate of drug-likeness (QED) is 0.766. The molecule has 14 heavy (non-hydrogen) atoms. The van der Waals surface area contributed by atoms with E-state index in [-0.39, 0.29) is 0 Å². The first-order valence-electron chi connectivity index (χ1n) is 4.74. The lowest BCUT2D eigenvalue weighted by Crippen LogP contribution is -1.98. The molecular formula is C12H14N2. The van der Waals surface area contributed by atoms with Gasteiger partial charge in [-0.25, -0.2) is 0 Å².